The minimum Gasteiger partial charge on any atom is -0.323 e. The van der Waals surface area contributed by atoms with E-state index in [2.05, 4.69) is 36.8 Å². The number of carbonyl (C=O) groups excluding carboxylic acids is 1. The Morgan fingerprint density at radius 2 is 2.07 bits per heavy atom. The molecule has 0 bridgehead atoms. The number of carbonyl (C=O) groups is 1. The molecule has 9 nitrogen and oxygen atoms in total. The van der Waals surface area contributed by atoms with Crippen LogP contribution >= 0.6 is 0 Å². The van der Waals surface area contributed by atoms with Crippen LogP contribution in [0.2, 0.25) is 0 Å². The molecule has 3 heterocycles. The van der Waals surface area contributed by atoms with Gasteiger partial charge in [-0.25, -0.2) is 9.48 Å². The first kappa shape index (κ1) is 18.1. The van der Waals surface area contributed by atoms with Gasteiger partial charge in [0.15, 0.2) is 0 Å². The zero-order chi connectivity index (χ0) is 19.2. The zero-order valence-corrected chi connectivity index (χ0v) is 15.5. The molecule has 1 aliphatic heterocycles. The number of aromatic nitrogens is 5. The second-order valence-electron chi connectivity index (χ2n) is 6.71. The third kappa shape index (κ3) is 4.49. The fourth-order valence-corrected chi connectivity index (χ4v) is 3.29. The van der Waals surface area contributed by atoms with E-state index in [-0.39, 0.29) is 6.03 Å². The third-order valence-corrected chi connectivity index (χ3v) is 4.72. The lowest BCUT2D eigenvalue weighted by molar-refractivity contribution is 0.211. The molecular weight excluding hydrogens is 356 g/mol. The lowest BCUT2D eigenvalue weighted by atomic mass is 10.2. The number of hydrogen-bond donors (Lipinski definition) is 1. The van der Waals surface area contributed by atoms with Crippen molar-refractivity contribution in [2.75, 3.05) is 31.5 Å². The van der Waals surface area contributed by atoms with Gasteiger partial charge in [-0.1, -0.05) is 12.1 Å². The molecule has 2 amide bonds. The summed E-state index contributed by atoms with van der Waals surface area (Å²) in [6.45, 7) is 4.10. The number of hydrogen-bond acceptors (Lipinski definition) is 6. The Balaban J connectivity index is 1.34. The van der Waals surface area contributed by atoms with E-state index in [0.29, 0.717) is 6.54 Å². The fourth-order valence-electron chi connectivity index (χ4n) is 3.29. The molecule has 28 heavy (non-hydrogen) atoms. The molecule has 144 valence electrons. The number of pyridine rings is 1. The summed E-state index contributed by atoms with van der Waals surface area (Å²) in [6, 6.07) is 11.4. The summed E-state index contributed by atoms with van der Waals surface area (Å²) in [5.74, 6) is 0. The number of benzene rings is 1. The Bertz CT molecular complexity index is 899. The van der Waals surface area contributed by atoms with Crippen LogP contribution in [0.4, 0.5) is 10.5 Å². The zero-order valence-electron chi connectivity index (χ0n) is 15.5. The second-order valence-corrected chi connectivity index (χ2v) is 6.71. The van der Waals surface area contributed by atoms with Gasteiger partial charge < -0.3 is 10.2 Å². The van der Waals surface area contributed by atoms with Crippen LogP contribution in [0.25, 0.3) is 5.69 Å². The summed E-state index contributed by atoms with van der Waals surface area (Å²) in [4.78, 5) is 21.1. The van der Waals surface area contributed by atoms with Gasteiger partial charge in [0, 0.05) is 50.8 Å². The SMILES string of the molecule is O=C(Nc1cccc(-n2cnnn2)c1)N1CCCN(Cc2cccnc2)CC1. The fraction of sp³-hybridized carbons (Fsp3) is 0.316. The number of nitrogens with one attached hydrogen (secondary N) is 1. The van der Waals surface area contributed by atoms with Crippen LogP contribution in [-0.2, 0) is 6.54 Å². The van der Waals surface area contributed by atoms with Gasteiger partial charge in [-0.3, -0.25) is 9.88 Å². The van der Waals surface area contributed by atoms with Gasteiger partial charge in [0.25, 0.3) is 0 Å². The summed E-state index contributed by atoms with van der Waals surface area (Å²) in [6.07, 6.45) is 6.14. The molecule has 1 aromatic carbocycles. The van der Waals surface area contributed by atoms with E-state index in [1.807, 2.05) is 41.4 Å². The average molecular weight is 378 g/mol. The van der Waals surface area contributed by atoms with Gasteiger partial charge in [-0.15, -0.1) is 5.10 Å². The molecule has 4 rings (SSSR count). The number of anilines is 1. The topological polar surface area (TPSA) is 92.1 Å². The highest BCUT2D eigenvalue weighted by molar-refractivity contribution is 5.89. The van der Waals surface area contributed by atoms with Gasteiger partial charge in [0.2, 0.25) is 0 Å². The van der Waals surface area contributed by atoms with Crippen LogP contribution in [-0.4, -0.2) is 67.2 Å². The number of amides is 2. The van der Waals surface area contributed by atoms with Crippen molar-refractivity contribution < 1.29 is 4.79 Å². The first-order valence-electron chi connectivity index (χ1n) is 9.28. The molecule has 0 saturated carbocycles. The molecular formula is C19H22N8O. The smallest absolute Gasteiger partial charge is 0.321 e. The molecule has 1 saturated heterocycles. The maximum Gasteiger partial charge on any atom is 0.321 e. The Hall–Kier alpha value is -3.33. The van der Waals surface area contributed by atoms with Crippen LogP contribution < -0.4 is 5.32 Å². The summed E-state index contributed by atoms with van der Waals surface area (Å²) in [5, 5.41) is 14.1. The maximum atomic E-state index is 12.7. The van der Waals surface area contributed by atoms with E-state index in [1.165, 1.54) is 11.9 Å². The normalized spacial score (nSPS) is 15.2. The highest BCUT2D eigenvalue weighted by Gasteiger charge is 2.19. The van der Waals surface area contributed by atoms with Crippen LogP contribution in [0.15, 0.2) is 55.1 Å². The molecule has 1 N–H and O–H groups in total. The Morgan fingerprint density at radius 3 is 2.89 bits per heavy atom. The molecule has 0 spiro atoms. The molecule has 2 aromatic heterocycles. The van der Waals surface area contributed by atoms with Crippen molar-refractivity contribution >= 4 is 11.7 Å². The van der Waals surface area contributed by atoms with Crippen LogP contribution in [0.5, 0.6) is 0 Å². The van der Waals surface area contributed by atoms with Gasteiger partial charge >= 0.3 is 6.03 Å². The predicted octanol–water partition coefficient (Wildman–Crippen LogP) is 1.80. The van der Waals surface area contributed by atoms with Gasteiger partial charge in [0.05, 0.1) is 5.69 Å². The Labute approximate surface area is 163 Å². The van der Waals surface area contributed by atoms with Crippen LogP contribution in [0, 0.1) is 0 Å². The maximum absolute atomic E-state index is 12.7. The summed E-state index contributed by atoms with van der Waals surface area (Å²) < 4.78 is 1.55. The van der Waals surface area contributed by atoms with Crippen molar-refractivity contribution in [2.24, 2.45) is 0 Å². The monoisotopic (exact) mass is 378 g/mol. The van der Waals surface area contributed by atoms with Crippen molar-refractivity contribution in [2.45, 2.75) is 13.0 Å². The Morgan fingerprint density at radius 1 is 1.11 bits per heavy atom. The van der Waals surface area contributed by atoms with Crippen LogP contribution in [0.1, 0.15) is 12.0 Å². The van der Waals surface area contributed by atoms with E-state index in [0.717, 1.165) is 44.0 Å². The van der Waals surface area contributed by atoms with Gasteiger partial charge in [-0.05, 0) is 46.7 Å². The number of rotatable bonds is 4. The molecule has 0 atom stereocenters. The lowest BCUT2D eigenvalue weighted by Crippen LogP contribution is -2.38. The molecule has 1 fully saturated rings. The first-order valence-corrected chi connectivity index (χ1v) is 9.28. The highest BCUT2D eigenvalue weighted by Crippen LogP contribution is 2.15. The van der Waals surface area contributed by atoms with E-state index in [1.54, 1.807) is 10.9 Å². The molecule has 0 unspecified atom stereocenters. The Kier molecular flexibility index (Phi) is 5.53. The van der Waals surface area contributed by atoms with Gasteiger partial charge in [0.1, 0.15) is 6.33 Å². The third-order valence-electron chi connectivity index (χ3n) is 4.72. The van der Waals surface area contributed by atoms with E-state index >= 15 is 0 Å². The standard InChI is InChI=1S/C19H22N8O/c28-19(22-17-5-1-6-18(12-17)27-15-21-23-24-27)26-9-3-8-25(10-11-26)14-16-4-2-7-20-13-16/h1-2,4-7,12-13,15H,3,8-11,14H2,(H,22,28). The average Bonchev–Trinajstić information content (AvgIpc) is 3.16. The van der Waals surface area contributed by atoms with Crippen LogP contribution in [0.3, 0.4) is 0 Å². The van der Waals surface area contributed by atoms with Crippen molar-refractivity contribution in [3.05, 3.63) is 60.7 Å². The lowest BCUT2D eigenvalue weighted by Gasteiger charge is -2.22. The molecule has 0 aliphatic carbocycles. The quantitative estimate of drug-likeness (QED) is 0.744. The first-order chi connectivity index (χ1) is 13.8. The molecule has 9 heteroatoms. The number of urea groups is 1. The van der Waals surface area contributed by atoms with E-state index in [9.17, 15) is 4.79 Å². The second kappa shape index (κ2) is 8.57. The molecule has 0 radical (unpaired) electrons. The summed E-state index contributed by atoms with van der Waals surface area (Å²) in [5.41, 5.74) is 2.70. The summed E-state index contributed by atoms with van der Waals surface area (Å²) >= 11 is 0. The minimum atomic E-state index is -0.0860. The number of tetrazole rings is 1. The van der Waals surface area contributed by atoms with Gasteiger partial charge in [-0.2, -0.15) is 0 Å². The molecule has 1 aliphatic rings. The summed E-state index contributed by atoms with van der Waals surface area (Å²) in [7, 11) is 0. The predicted molar refractivity (Wildman–Crippen MR) is 104 cm³/mol. The van der Waals surface area contributed by atoms with Crippen molar-refractivity contribution in [1.29, 1.82) is 0 Å². The largest absolute Gasteiger partial charge is 0.323 e. The van der Waals surface area contributed by atoms with E-state index in [4.69, 9.17) is 0 Å². The number of nitrogens with zero attached hydrogens (tertiary/aromatic N) is 7. The minimum absolute atomic E-state index is 0.0860. The molecule has 3 aromatic rings. The van der Waals surface area contributed by atoms with Crippen molar-refractivity contribution in [1.82, 2.24) is 35.0 Å². The highest BCUT2D eigenvalue weighted by atomic mass is 16.2. The van der Waals surface area contributed by atoms with E-state index < -0.39 is 0 Å². The van der Waals surface area contributed by atoms with Crippen molar-refractivity contribution in [3.63, 3.8) is 0 Å². The van der Waals surface area contributed by atoms with Crippen molar-refractivity contribution in [3.8, 4) is 5.69 Å².